The van der Waals surface area contributed by atoms with E-state index in [4.69, 9.17) is 19.6 Å². The highest BCUT2D eigenvalue weighted by Crippen LogP contribution is 2.37. The summed E-state index contributed by atoms with van der Waals surface area (Å²) >= 11 is 4.82. The summed E-state index contributed by atoms with van der Waals surface area (Å²) in [6.07, 6.45) is 3.83. The molecule has 2 N–H and O–H groups in total. The smallest absolute Gasteiger partial charge is 0.338 e. The number of ether oxygens (including phenoxy) is 2. The number of aromatic nitrogens is 1. The second kappa shape index (κ2) is 11.9. The van der Waals surface area contributed by atoms with Crippen LogP contribution in [0.4, 0.5) is 4.39 Å². The predicted octanol–water partition coefficient (Wildman–Crippen LogP) is 3.29. The average Bonchev–Trinajstić information content (AvgIpc) is 3.38. The molecule has 1 saturated heterocycles. The summed E-state index contributed by atoms with van der Waals surface area (Å²) in [5.41, 5.74) is 1.50. The van der Waals surface area contributed by atoms with E-state index in [2.05, 4.69) is 31.1 Å². The van der Waals surface area contributed by atoms with Crippen molar-refractivity contribution in [1.82, 2.24) is 15.2 Å². The van der Waals surface area contributed by atoms with Gasteiger partial charge in [-0.1, -0.05) is 22.0 Å². The van der Waals surface area contributed by atoms with Crippen molar-refractivity contribution in [2.24, 2.45) is 4.99 Å². The van der Waals surface area contributed by atoms with Gasteiger partial charge in [-0.25, -0.2) is 19.0 Å². The summed E-state index contributed by atoms with van der Waals surface area (Å²) < 4.78 is 25.4. The summed E-state index contributed by atoms with van der Waals surface area (Å²) in [5.74, 6) is -1.50. The molecule has 0 amide bonds. The predicted molar refractivity (Wildman–Crippen MR) is 135 cm³/mol. The number of aliphatic carboxylic acids is 1. The van der Waals surface area contributed by atoms with Gasteiger partial charge in [-0.3, -0.25) is 9.89 Å². The van der Waals surface area contributed by atoms with Crippen LogP contribution in [0.3, 0.4) is 0 Å². The number of nitrogens with zero attached hydrogens (tertiary/aromatic N) is 3. The number of carboxylic acids is 1. The number of halogens is 2. The summed E-state index contributed by atoms with van der Waals surface area (Å²) in [6.45, 7) is 3.64. The van der Waals surface area contributed by atoms with Crippen LogP contribution in [0, 0.1) is 5.82 Å². The van der Waals surface area contributed by atoms with Gasteiger partial charge in [-0.05, 0) is 30.7 Å². The molecule has 9 nitrogen and oxygen atoms in total. The van der Waals surface area contributed by atoms with Crippen molar-refractivity contribution in [1.29, 1.82) is 0 Å². The summed E-state index contributed by atoms with van der Waals surface area (Å²) in [4.78, 5) is 35.4. The first kappa shape index (κ1) is 26.1. The lowest BCUT2D eigenvalue weighted by Gasteiger charge is -2.34. The second-order valence-corrected chi connectivity index (χ2v) is 9.71. The van der Waals surface area contributed by atoms with Gasteiger partial charge in [0.1, 0.15) is 11.9 Å². The van der Waals surface area contributed by atoms with Gasteiger partial charge in [0.2, 0.25) is 0 Å². The number of hydrogen-bond acceptors (Lipinski definition) is 9. The lowest BCUT2D eigenvalue weighted by Crippen LogP contribution is -2.46. The maximum absolute atomic E-state index is 13.9. The van der Waals surface area contributed by atoms with Crippen LogP contribution in [0.1, 0.15) is 23.5 Å². The van der Waals surface area contributed by atoms with Crippen molar-refractivity contribution >= 4 is 45.0 Å². The number of nitrogens with one attached hydrogen (secondary N) is 1. The quantitative estimate of drug-likeness (QED) is 0.362. The minimum absolute atomic E-state index is 0.176. The van der Waals surface area contributed by atoms with E-state index in [1.807, 2.05) is 5.38 Å². The van der Waals surface area contributed by atoms with Gasteiger partial charge in [0, 0.05) is 47.5 Å². The number of amidine groups is 1. The lowest BCUT2D eigenvalue weighted by atomic mass is 9.95. The van der Waals surface area contributed by atoms with Crippen molar-refractivity contribution in [2.75, 3.05) is 32.8 Å². The van der Waals surface area contributed by atoms with Gasteiger partial charge in [0.15, 0.2) is 10.8 Å². The Morgan fingerprint density at radius 1 is 1.44 bits per heavy atom. The highest BCUT2D eigenvalue weighted by Gasteiger charge is 2.35. The topological polar surface area (TPSA) is 113 Å². The van der Waals surface area contributed by atoms with Crippen LogP contribution in [0.5, 0.6) is 0 Å². The molecule has 12 heteroatoms. The number of carboxylic acid groups (broad SMARTS) is 1. The van der Waals surface area contributed by atoms with Gasteiger partial charge in [-0.15, -0.1) is 11.3 Å². The number of rotatable bonds is 8. The molecule has 2 aliphatic heterocycles. The van der Waals surface area contributed by atoms with E-state index in [0.717, 1.165) is 6.08 Å². The highest BCUT2D eigenvalue weighted by atomic mass is 79.9. The minimum Gasteiger partial charge on any atom is -0.478 e. The SMILES string of the molecule is CCOC(=O)C1=C(CN2CCOC(/C=C/C(=O)O)C2)NC(c2nccs2)=N[C@H]1c1ccc(F)cc1Br. The van der Waals surface area contributed by atoms with Crippen LogP contribution in [0.2, 0.25) is 0 Å². The standard InChI is InChI=1S/C24H24BrFN4O5S/c1-2-34-24(33)20-18(13-30-8-9-35-15(12-30)4-6-19(31)32)28-22(23-27-7-10-36-23)29-21(20)16-5-3-14(26)11-17(16)25/h3-7,10-11,15,21H,2,8-9,12-13H2,1H3,(H,28,29)(H,31,32)/b6-4+/t15?,21-/m0/s1. The second-order valence-electron chi connectivity index (χ2n) is 7.96. The zero-order valence-corrected chi connectivity index (χ0v) is 21.7. The zero-order valence-electron chi connectivity index (χ0n) is 19.3. The molecule has 1 unspecified atom stereocenters. The van der Waals surface area contributed by atoms with Crippen LogP contribution in [-0.2, 0) is 19.1 Å². The molecule has 2 aliphatic rings. The van der Waals surface area contributed by atoms with E-state index in [-0.39, 0.29) is 6.61 Å². The van der Waals surface area contributed by atoms with Crippen LogP contribution in [0.25, 0.3) is 0 Å². The van der Waals surface area contributed by atoms with Gasteiger partial charge in [-0.2, -0.15) is 0 Å². The lowest BCUT2D eigenvalue weighted by molar-refractivity contribution is -0.139. The van der Waals surface area contributed by atoms with Crippen molar-refractivity contribution in [3.63, 3.8) is 0 Å². The molecule has 2 aromatic rings. The highest BCUT2D eigenvalue weighted by molar-refractivity contribution is 9.10. The Morgan fingerprint density at radius 2 is 2.28 bits per heavy atom. The zero-order chi connectivity index (χ0) is 25.7. The number of benzene rings is 1. The van der Waals surface area contributed by atoms with Gasteiger partial charge in [0.05, 0.1) is 24.9 Å². The van der Waals surface area contributed by atoms with Crippen LogP contribution >= 0.6 is 27.3 Å². The first-order valence-electron chi connectivity index (χ1n) is 11.2. The third-order valence-electron chi connectivity index (χ3n) is 5.53. The normalized spacial score (nSPS) is 20.8. The fourth-order valence-corrected chi connectivity index (χ4v) is 5.13. The van der Waals surface area contributed by atoms with E-state index in [9.17, 15) is 14.0 Å². The van der Waals surface area contributed by atoms with Gasteiger partial charge < -0.3 is 19.9 Å². The van der Waals surface area contributed by atoms with E-state index >= 15 is 0 Å². The van der Waals surface area contributed by atoms with Crippen LogP contribution in [0.15, 0.2) is 62.7 Å². The number of esters is 1. The monoisotopic (exact) mass is 578 g/mol. The van der Waals surface area contributed by atoms with E-state index in [1.54, 1.807) is 19.2 Å². The van der Waals surface area contributed by atoms with Crippen molar-refractivity contribution < 1.29 is 28.6 Å². The molecule has 3 heterocycles. The maximum Gasteiger partial charge on any atom is 0.338 e. The molecule has 4 rings (SSSR count). The molecule has 1 aromatic heterocycles. The average molecular weight is 579 g/mol. The first-order valence-corrected chi connectivity index (χ1v) is 12.9. The fraction of sp³-hybridized carbons (Fsp3) is 0.333. The molecular formula is C24H24BrFN4O5S. The first-order chi connectivity index (χ1) is 17.4. The molecule has 190 valence electrons. The Balaban J connectivity index is 1.74. The van der Waals surface area contributed by atoms with Crippen LogP contribution in [-0.4, -0.2) is 71.7 Å². The van der Waals surface area contributed by atoms with E-state index in [0.29, 0.717) is 58.4 Å². The molecule has 1 aromatic carbocycles. The molecule has 0 aliphatic carbocycles. The number of thiazole rings is 1. The number of hydrogen-bond donors (Lipinski definition) is 2. The summed E-state index contributed by atoms with van der Waals surface area (Å²) in [5, 5.41) is 14.7. The number of carbonyl (C=O) groups excluding carboxylic acids is 1. The molecule has 0 spiro atoms. The molecule has 2 atom stereocenters. The number of aliphatic imine (C=N–C) groups is 1. The summed E-state index contributed by atoms with van der Waals surface area (Å²) in [6, 6.07) is 3.49. The van der Waals surface area contributed by atoms with Crippen molar-refractivity contribution in [3.8, 4) is 0 Å². The van der Waals surface area contributed by atoms with Crippen LogP contribution < -0.4 is 5.32 Å². The summed E-state index contributed by atoms with van der Waals surface area (Å²) in [7, 11) is 0. The Morgan fingerprint density at radius 3 is 2.97 bits per heavy atom. The molecule has 0 saturated carbocycles. The molecule has 0 radical (unpaired) electrons. The van der Waals surface area contributed by atoms with Gasteiger partial charge in [0.25, 0.3) is 0 Å². The fourth-order valence-electron chi connectivity index (χ4n) is 3.97. The maximum atomic E-state index is 13.9. The molecule has 0 bridgehead atoms. The third-order valence-corrected chi connectivity index (χ3v) is 6.99. The Kier molecular flexibility index (Phi) is 8.62. The number of carbonyl (C=O) groups is 2. The van der Waals surface area contributed by atoms with E-state index in [1.165, 1.54) is 29.5 Å². The van der Waals surface area contributed by atoms with E-state index < -0.39 is 29.9 Å². The largest absolute Gasteiger partial charge is 0.478 e. The van der Waals surface area contributed by atoms with Crippen molar-refractivity contribution in [2.45, 2.75) is 19.1 Å². The Labute approximate surface area is 219 Å². The Bertz CT molecular complexity index is 1220. The number of morpholine rings is 1. The van der Waals surface area contributed by atoms with Gasteiger partial charge >= 0.3 is 11.9 Å². The minimum atomic E-state index is -1.05. The van der Waals surface area contributed by atoms with Crippen molar-refractivity contribution in [3.05, 3.63) is 74.1 Å². The Hall–Kier alpha value is -2.93. The molecule has 1 fully saturated rings. The third kappa shape index (κ3) is 6.25. The molecular weight excluding hydrogens is 555 g/mol. The molecule has 36 heavy (non-hydrogen) atoms.